The summed E-state index contributed by atoms with van der Waals surface area (Å²) in [5.41, 5.74) is 1.64. The molecule has 0 bridgehead atoms. The van der Waals surface area contributed by atoms with Crippen LogP contribution in [0.2, 0.25) is 0 Å². The van der Waals surface area contributed by atoms with Gasteiger partial charge in [0.1, 0.15) is 6.04 Å². The Balaban J connectivity index is 1.75. The molecule has 9 nitrogen and oxygen atoms in total. The first-order valence-corrected chi connectivity index (χ1v) is 14.8. The van der Waals surface area contributed by atoms with E-state index in [9.17, 15) is 24.0 Å². The standard InChI is InChI=1S/C33H42N4O5/c1-2-3-4-11-20-35-33(42)30(39)27(23-26-17-12-21-34-31(26)40)37-32(41)28(22-25-15-9-6-10-16-25)36-29(38)19-18-24-13-7-5-8-14-24/h5-10,13-16,18-19,26-28H,2-4,11-12,17,20-23H2,1H3,(H,34,40)(H,35,42)(H,36,38)(H,37,41)/b19-18+/t26-,27-,28-/m0/s1. The zero-order chi connectivity index (χ0) is 30.2. The molecule has 1 aliphatic heterocycles. The lowest BCUT2D eigenvalue weighted by Gasteiger charge is -2.27. The molecule has 2 aromatic carbocycles. The molecule has 3 atom stereocenters. The van der Waals surface area contributed by atoms with Crippen LogP contribution in [0, 0.1) is 5.92 Å². The first-order chi connectivity index (χ1) is 20.4. The molecule has 1 heterocycles. The van der Waals surface area contributed by atoms with Crippen LogP contribution in [0.3, 0.4) is 0 Å². The van der Waals surface area contributed by atoms with Crippen LogP contribution in [0.1, 0.15) is 63.0 Å². The van der Waals surface area contributed by atoms with Gasteiger partial charge < -0.3 is 21.3 Å². The lowest BCUT2D eigenvalue weighted by Crippen LogP contribution is -2.55. The number of carbonyl (C=O) groups is 5. The second kappa shape index (κ2) is 17.5. The fourth-order valence-corrected chi connectivity index (χ4v) is 4.86. The van der Waals surface area contributed by atoms with Gasteiger partial charge in [0.2, 0.25) is 23.5 Å². The third kappa shape index (κ3) is 11.0. The van der Waals surface area contributed by atoms with Crippen molar-refractivity contribution in [3.8, 4) is 0 Å². The van der Waals surface area contributed by atoms with E-state index in [2.05, 4.69) is 28.2 Å². The topological polar surface area (TPSA) is 133 Å². The fraction of sp³-hybridized carbons (Fsp3) is 0.424. The highest BCUT2D eigenvalue weighted by Crippen LogP contribution is 2.18. The molecule has 1 aliphatic rings. The zero-order valence-corrected chi connectivity index (χ0v) is 24.3. The van der Waals surface area contributed by atoms with Gasteiger partial charge in [-0.1, -0.05) is 86.8 Å². The Hall–Kier alpha value is -4.27. The van der Waals surface area contributed by atoms with Crippen LogP contribution in [0.5, 0.6) is 0 Å². The maximum Gasteiger partial charge on any atom is 0.289 e. The van der Waals surface area contributed by atoms with Gasteiger partial charge in [-0.2, -0.15) is 0 Å². The van der Waals surface area contributed by atoms with Crippen molar-refractivity contribution in [2.24, 2.45) is 5.92 Å². The highest BCUT2D eigenvalue weighted by atomic mass is 16.2. The van der Waals surface area contributed by atoms with Crippen LogP contribution in [0.4, 0.5) is 0 Å². The summed E-state index contributed by atoms with van der Waals surface area (Å²) >= 11 is 0. The second-order valence-electron chi connectivity index (χ2n) is 10.6. The van der Waals surface area contributed by atoms with Crippen molar-refractivity contribution >= 4 is 35.5 Å². The number of unbranched alkanes of at least 4 members (excludes halogenated alkanes) is 3. The van der Waals surface area contributed by atoms with E-state index in [1.165, 1.54) is 6.08 Å². The predicted octanol–water partition coefficient (Wildman–Crippen LogP) is 3.09. The van der Waals surface area contributed by atoms with Gasteiger partial charge in [0.05, 0.1) is 6.04 Å². The van der Waals surface area contributed by atoms with Crippen molar-refractivity contribution < 1.29 is 24.0 Å². The number of Topliss-reactive ketones (excluding diaryl/α,β-unsaturated/α-hetero) is 1. The van der Waals surface area contributed by atoms with E-state index >= 15 is 0 Å². The maximum atomic E-state index is 13.6. The van der Waals surface area contributed by atoms with E-state index in [1.807, 2.05) is 60.7 Å². The third-order valence-corrected chi connectivity index (χ3v) is 7.23. The van der Waals surface area contributed by atoms with Crippen LogP contribution >= 0.6 is 0 Å². The van der Waals surface area contributed by atoms with Crippen molar-refractivity contribution in [3.63, 3.8) is 0 Å². The SMILES string of the molecule is CCCCCCNC(=O)C(=O)[C@H](C[C@@H]1CCCNC1=O)NC(=O)[C@H](Cc1ccccc1)NC(=O)/C=C/c1ccccc1. The highest BCUT2D eigenvalue weighted by Gasteiger charge is 2.34. The van der Waals surface area contributed by atoms with Gasteiger partial charge >= 0.3 is 0 Å². The molecule has 224 valence electrons. The molecule has 4 amide bonds. The van der Waals surface area contributed by atoms with Crippen LogP contribution < -0.4 is 21.3 Å². The number of piperidine rings is 1. The van der Waals surface area contributed by atoms with Gasteiger partial charge in [-0.3, -0.25) is 24.0 Å². The van der Waals surface area contributed by atoms with Gasteiger partial charge in [-0.25, -0.2) is 0 Å². The normalized spacial score (nSPS) is 16.2. The van der Waals surface area contributed by atoms with Crippen LogP contribution in [0.15, 0.2) is 66.7 Å². The van der Waals surface area contributed by atoms with Crippen LogP contribution in [0.25, 0.3) is 6.08 Å². The van der Waals surface area contributed by atoms with Gasteiger partial charge in [0.25, 0.3) is 5.91 Å². The molecule has 0 spiro atoms. The van der Waals surface area contributed by atoms with Gasteiger partial charge in [-0.05, 0) is 42.9 Å². The Morgan fingerprint density at radius 1 is 0.929 bits per heavy atom. The number of ketones is 1. The van der Waals surface area contributed by atoms with Crippen molar-refractivity contribution in [2.45, 2.75) is 70.4 Å². The summed E-state index contributed by atoms with van der Waals surface area (Å²) in [4.78, 5) is 65.0. The summed E-state index contributed by atoms with van der Waals surface area (Å²) in [6.45, 7) is 3.00. The fourth-order valence-electron chi connectivity index (χ4n) is 4.86. The third-order valence-electron chi connectivity index (χ3n) is 7.23. The molecule has 0 aliphatic carbocycles. The molecule has 42 heavy (non-hydrogen) atoms. The summed E-state index contributed by atoms with van der Waals surface area (Å²) in [5.74, 6) is -3.39. The molecular weight excluding hydrogens is 532 g/mol. The van der Waals surface area contributed by atoms with Crippen molar-refractivity contribution in [2.75, 3.05) is 13.1 Å². The van der Waals surface area contributed by atoms with Gasteiger partial charge in [-0.15, -0.1) is 0 Å². The first-order valence-electron chi connectivity index (χ1n) is 14.8. The molecule has 1 saturated heterocycles. The summed E-state index contributed by atoms with van der Waals surface area (Å²) < 4.78 is 0. The number of benzene rings is 2. The predicted molar refractivity (Wildman–Crippen MR) is 162 cm³/mol. The molecule has 3 rings (SSSR count). The molecular formula is C33H42N4O5. The number of hydrogen-bond donors (Lipinski definition) is 4. The maximum absolute atomic E-state index is 13.6. The number of carbonyl (C=O) groups excluding carboxylic acids is 5. The van der Waals surface area contributed by atoms with Crippen LogP contribution in [-0.2, 0) is 30.4 Å². The first kappa shape index (κ1) is 32.2. The summed E-state index contributed by atoms with van der Waals surface area (Å²) in [6, 6.07) is 16.3. The molecule has 0 saturated carbocycles. The summed E-state index contributed by atoms with van der Waals surface area (Å²) in [5, 5.41) is 10.9. The Kier molecular flexibility index (Phi) is 13.5. The second-order valence-corrected chi connectivity index (χ2v) is 10.6. The van der Waals surface area contributed by atoms with Crippen molar-refractivity contribution in [1.82, 2.24) is 21.3 Å². The quantitative estimate of drug-likeness (QED) is 0.139. The minimum Gasteiger partial charge on any atom is -0.356 e. The van der Waals surface area contributed by atoms with E-state index in [-0.39, 0.29) is 18.7 Å². The minimum absolute atomic E-state index is 0.000422. The molecule has 4 N–H and O–H groups in total. The number of hydrogen-bond acceptors (Lipinski definition) is 5. The highest BCUT2D eigenvalue weighted by molar-refractivity contribution is 6.38. The van der Waals surface area contributed by atoms with Crippen molar-refractivity contribution in [3.05, 3.63) is 77.9 Å². The smallest absolute Gasteiger partial charge is 0.289 e. The molecule has 2 aromatic rings. The summed E-state index contributed by atoms with van der Waals surface area (Å²) in [7, 11) is 0. The van der Waals surface area contributed by atoms with Gasteiger partial charge in [0.15, 0.2) is 0 Å². The molecule has 1 fully saturated rings. The van der Waals surface area contributed by atoms with E-state index in [0.717, 1.165) is 43.2 Å². The summed E-state index contributed by atoms with van der Waals surface area (Å²) in [6.07, 6.45) is 8.23. The van der Waals surface area contributed by atoms with Crippen molar-refractivity contribution in [1.29, 1.82) is 0 Å². The van der Waals surface area contributed by atoms with Gasteiger partial charge in [0, 0.05) is 31.5 Å². The van der Waals surface area contributed by atoms with E-state index in [4.69, 9.17) is 0 Å². The lowest BCUT2D eigenvalue weighted by atomic mass is 9.89. The molecule has 9 heteroatoms. The minimum atomic E-state index is -1.21. The zero-order valence-electron chi connectivity index (χ0n) is 24.3. The number of amides is 4. The Labute approximate surface area is 247 Å². The largest absolute Gasteiger partial charge is 0.356 e. The molecule has 0 aromatic heterocycles. The molecule has 0 radical (unpaired) electrons. The number of rotatable bonds is 16. The Morgan fingerprint density at radius 3 is 2.33 bits per heavy atom. The average Bonchev–Trinajstić information content (AvgIpc) is 3.00. The van der Waals surface area contributed by atoms with E-state index in [1.54, 1.807) is 6.08 Å². The number of nitrogens with one attached hydrogen (secondary N) is 4. The molecule has 0 unspecified atom stereocenters. The van der Waals surface area contributed by atoms with E-state index < -0.39 is 41.5 Å². The monoisotopic (exact) mass is 574 g/mol. The Bertz CT molecular complexity index is 1220. The van der Waals surface area contributed by atoms with E-state index in [0.29, 0.717) is 19.5 Å². The lowest BCUT2D eigenvalue weighted by molar-refractivity contribution is -0.141. The Morgan fingerprint density at radius 2 is 1.64 bits per heavy atom. The average molecular weight is 575 g/mol. The van der Waals surface area contributed by atoms with Crippen LogP contribution in [-0.4, -0.2) is 54.6 Å².